The molecule has 1 amide bonds. The van der Waals surface area contributed by atoms with E-state index in [4.69, 9.17) is 9.47 Å². The van der Waals surface area contributed by atoms with Gasteiger partial charge in [-0.15, -0.1) is 0 Å². The van der Waals surface area contributed by atoms with Crippen LogP contribution in [-0.4, -0.2) is 87.5 Å². The number of nitrogens with one attached hydrogen (secondary N) is 1. The number of aliphatic hydroxyl groups is 5. The van der Waals surface area contributed by atoms with Gasteiger partial charge < -0.3 is 40.3 Å². The molecule has 1 saturated heterocycles. The Morgan fingerprint density at radius 2 is 0.846 bits per heavy atom. The zero-order valence-electron chi connectivity index (χ0n) is 42.8. The molecule has 0 aromatic carbocycles. The van der Waals surface area contributed by atoms with Gasteiger partial charge in [0.15, 0.2) is 6.29 Å². The van der Waals surface area contributed by atoms with Crippen LogP contribution in [0.15, 0.2) is 12.2 Å². The number of rotatable bonds is 49. The summed E-state index contributed by atoms with van der Waals surface area (Å²) in [4.78, 5) is 13.0. The second-order valence-electron chi connectivity index (χ2n) is 20.1. The minimum Gasteiger partial charge on any atom is -0.394 e. The predicted octanol–water partition coefficient (Wildman–Crippen LogP) is 13.6. The van der Waals surface area contributed by atoms with Crippen molar-refractivity contribution in [1.82, 2.24) is 5.32 Å². The van der Waals surface area contributed by atoms with Crippen LogP contribution in [0.1, 0.15) is 284 Å². The summed E-state index contributed by atoms with van der Waals surface area (Å²) in [7, 11) is 0. The number of hydrogen-bond donors (Lipinski definition) is 6. The van der Waals surface area contributed by atoms with Gasteiger partial charge in [0.2, 0.25) is 5.91 Å². The van der Waals surface area contributed by atoms with Crippen molar-refractivity contribution in [2.45, 2.75) is 326 Å². The van der Waals surface area contributed by atoms with Crippen molar-refractivity contribution in [3.05, 3.63) is 12.2 Å². The first-order chi connectivity index (χ1) is 31.8. The van der Waals surface area contributed by atoms with Crippen molar-refractivity contribution in [2.24, 2.45) is 0 Å². The maximum absolute atomic E-state index is 13.0. The molecule has 1 rings (SSSR count). The van der Waals surface area contributed by atoms with Crippen LogP contribution in [0, 0.1) is 0 Å². The molecule has 0 aromatic rings. The van der Waals surface area contributed by atoms with Crippen LogP contribution in [0.5, 0.6) is 0 Å². The molecule has 0 spiro atoms. The van der Waals surface area contributed by atoms with Crippen molar-refractivity contribution >= 4 is 5.91 Å². The van der Waals surface area contributed by atoms with E-state index in [1.807, 2.05) is 6.08 Å². The molecule has 65 heavy (non-hydrogen) atoms. The number of aliphatic hydroxyl groups excluding tert-OH is 5. The number of hydrogen-bond acceptors (Lipinski definition) is 8. The van der Waals surface area contributed by atoms with Crippen molar-refractivity contribution in [1.29, 1.82) is 0 Å². The molecule has 1 heterocycles. The van der Waals surface area contributed by atoms with Crippen LogP contribution < -0.4 is 5.32 Å². The third kappa shape index (κ3) is 36.6. The smallest absolute Gasteiger partial charge is 0.220 e. The molecule has 9 heteroatoms. The number of amides is 1. The van der Waals surface area contributed by atoms with Crippen LogP contribution in [0.2, 0.25) is 0 Å². The molecule has 0 aliphatic carbocycles. The van der Waals surface area contributed by atoms with Crippen LogP contribution in [0.25, 0.3) is 0 Å². The molecule has 0 radical (unpaired) electrons. The van der Waals surface area contributed by atoms with E-state index in [0.717, 1.165) is 38.5 Å². The van der Waals surface area contributed by atoms with Gasteiger partial charge in [0, 0.05) is 6.42 Å². The topological polar surface area (TPSA) is 149 Å². The second-order valence-corrected chi connectivity index (χ2v) is 20.1. The van der Waals surface area contributed by atoms with E-state index in [-0.39, 0.29) is 12.5 Å². The van der Waals surface area contributed by atoms with Gasteiger partial charge in [-0.3, -0.25) is 4.79 Å². The van der Waals surface area contributed by atoms with Crippen molar-refractivity contribution in [3.63, 3.8) is 0 Å². The predicted molar refractivity (Wildman–Crippen MR) is 272 cm³/mol. The van der Waals surface area contributed by atoms with E-state index in [0.29, 0.717) is 6.42 Å². The largest absolute Gasteiger partial charge is 0.394 e. The molecule has 9 nitrogen and oxygen atoms in total. The highest BCUT2D eigenvalue weighted by Crippen LogP contribution is 2.23. The minimum absolute atomic E-state index is 0.170. The van der Waals surface area contributed by atoms with Gasteiger partial charge >= 0.3 is 0 Å². The number of allylic oxidation sites excluding steroid dienone is 1. The molecule has 1 aliphatic rings. The van der Waals surface area contributed by atoms with Crippen LogP contribution in [0.4, 0.5) is 0 Å². The van der Waals surface area contributed by atoms with Gasteiger partial charge in [-0.25, -0.2) is 0 Å². The number of unbranched alkanes of at least 4 members (excludes halogenated alkanes) is 39. The Morgan fingerprint density at radius 3 is 1.20 bits per heavy atom. The normalized spacial score (nSPS) is 19.9. The summed E-state index contributed by atoms with van der Waals surface area (Å²) in [5.41, 5.74) is 0. The molecule has 0 aromatic heterocycles. The SMILES string of the molecule is CCCCCCCCCCCCCCCCCCCCCCCC/C=C/C(O)C(COC1OC(CO)C(O)C(O)C1O)NC(=O)CCCCCCCCCCCCCCCCCCCC. The van der Waals surface area contributed by atoms with Gasteiger partial charge in [0.25, 0.3) is 0 Å². The van der Waals surface area contributed by atoms with Crippen molar-refractivity contribution in [3.8, 4) is 0 Å². The Labute approximate surface area is 401 Å². The van der Waals surface area contributed by atoms with Gasteiger partial charge in [-0.2, -0.15) is 0 Å². The lowest BCUT2D eigenvalue weighted by molar-refractivity contribution is -0.302. The molecular formula is C56H109NO8. The summed E-state index contributed by atoms with van der Waals surface area (Å²) in [6.07, 6.45) is 49.9. The molecular weight excluding hydrogens is 815 g/mol. The Balaban J connectivity index is 2.23. The van der Waals surface area contributed by atoms with Gasteiger partial charge in [-0.1, -0.05) is 270 Å². The van der Waals surface area contributed by atoms with Crippen LogP contribution in [0.3, 0.4) is 0 Å². The van der Waals surface area contributed by atoms with E-state index in [2.05, 4.69) is 19.2 Å². The summed E-state index contributed by atoms with van der Waals surface area (Å²) < 4.78 is 11.3. The fraction of sp³-hybridized carbons (Fsp3) is 0.946. The first-order valence-electron chi connectivity index (χ1n) is 28.4. The summed E-state index contributed by atoms with van der Waals surface area (Å²) in [5, 5.41) is 54.5. The average Bonchev–Trinajstić information content (AvgIpc) is 3.31. The zero-order valence-corrected chi connectivity index (χ0v) is 42.8. The first kappa shape index (κ1) is 61.9. The van der Waals surface area contributed by atoms with E-state index < -0.39 is 49.5 Å². The molecule has 7 atom stereocenters. The number of ether oxygens (including phenoxy) is 2. The Morgan fingerprint density at radius 1 is 0.508 bits per heavy atom. The minimum atomic E-state index is -1.56. The fourth-order valence-electron chi connectivity index (χ4n) is 9.34. The average molecular weight is 924 g/mol. The van der Waals surface area contributed by atoms with Gasteiger partial charge in [-0.05, 0) is 19.3 Å². The summed E-state index contributed by atoms with van der Waals surface area (Å²) in [5.74, 6) is -0.170. The number of carbonyl (C=O) groups is 1. The Hall–Kier alpha value is -1.07. The maximum atomic E-state index is 13.0. The summed E-state index contributed by atoms with van der Waals surface area (Å²) in [6.45, 7) is 3.82. The van der Waals surface area contributed by atoms with E-state index >= 15 is 0 Å². The standard InChI is InChI=1S/C56H109NO8/c1-3-5-7-9-11-13-15-17-19-21-23-24-25-26-27-28-29-31-33-35-37-39-41-43-45-50(59)49(48-64-56-55(63)54(62)53(61)51(47-58)65-56)57-52(60)46-44-42-40-38-36-34-32-30-22-20-18-16-14-12-10-8-6-4-2/h43,45,49-51,53-56,58-59,61-63H,3-42,44,46-48H2,1-2H3,(H,57,60)/b45-43+. The fourth-order valence-corrected chi connectivity index (χ4v) is 9.34. The van der Waals surface area contributed by atoms with Crippen LogP contribution >= 0.6 is 0 Å². The molecule has 0 saturated carbocycles. The highest BCUT2D eigenvalue weighted by Gasteiger charge is 2.44. The lowest BCUT2D eigenvalue weighted by Gasteiger charge is -2.40. The molecule has 6 N–H and O–H groups in total. The highest BCUT2D eigenvalue weighted by atomic mass is 16.7. The van der Waals surface area contributed by atoms with Gasteiger partial charge in [0.1, 0.15) is 24.4 Å². The summed E-state index contributed by atoms with van der Waals surface area (Å²) in [6, 6.07) is -0.800. The second kappa shape index (κ2) is 46.6. The molecule has 386 valence electrons. The maximum Gasteiger partial charge on any atom is 0.220 e. The quantitative estimate of drug-likeness (QED) is 0.0261. The monoisotopic (exact) mass is 924 g/mol. The first-order valence-corrected chi connectivity index (χ1v) is 28.4. The third-order valence-electron chi connectivity index (χ3n) is 13.9. The van der Waals surface area contributed by atoms with E-state index in [9.17, 15) is 30.3 Å². The lowest BCUT2D eigenvalue weighted by atomic mass is 9.99. The highest BCUT2D eigenvalue weighted by molar-refractivity contribution is 5.76. The Kier molecular flexibility index (Phi) is 44.5. The number of carbonyl (C=O) groups excluding carboxylic acids is 1. The molecule has 1 fully saturated rings. The van der Waals surface area contributed by atoms with Crippen molar-refractivity contribution in [2.75, 3.05) is 13.2 Å². The van der Waals surface area contributed by atoms with Crippen molar-refractivity contribution < 1.29 is 39.8 Å². The third-order valence-corrected chi connectivity index (χ3v) is 13.9. The Bertz CT molecular complexity index is 1030. The summed E-state index contributed by atoms with van der Waals surface area (Å²) >= 11 is 0. The van der Waals surface area contributed by atoms with E-state index in [1.54, 1.807) is 6.08 Å². The van der Waals surface area contributed by atoms with Gasteiger partial charge in [0.05, 0.1) is 25.4 Å². The molecule has 1 aliphatic heterocycles. The van der Waals surface area contributed by atoms with E-state index in [1.165, 1.54) is 225 Å². The molecule has 7 unspecified atom stereocenters. The zero-order chi connectivity index (χ0) is 47.3. The molecule has 0 bridgehead atoms. The van der Waals surface area contributed by atoms with Crippen LogP contribution in [-0.2, 0) is 14.3 Å². The lowest BCUT2D eigenvalue weighted by Crippen LogP contribution is -2.60.